The van der Waals surface area contributed by atoms with E-state index in [1.807, 2.05) is 0 Å². The number of rotatable bonds is 0. The van der Waals surface area contributed by atoms with Crippen molar-refractivity contribution in [2.45, 2.75) is 13.3 Å². The van der Waals surface area contributed by atoms with Crippen molar-refractivity contribution in [3.8, 4) is 11.1 Å². The van der Waals surface area contributed by atoms with E-state index in [2.05, 4.69) is 61.5 Å². The highest BCUT2D eigenvalue weighted by atomic mass is 14.2. The fraction of sp³-hybridized carbons (Fsp3) is 0.111. The third kappa shape index (κ3) is 1.26. The zero-order valence-electron chi connectivity index (χ0n) is 10.4. The van der Waals surface area contributed by atoms with E-state index in [9.17, 15) is 0 Å². The van der Waals surface area contributed by atoms with E-state index < -0.39 is 0 Å². The summed E-state index contributed by atoms with van der Waals surface area (Å²) in [5, 5.41) is 2.75. The average Bonchev–Trinajstić information content (AvgIpc) is 2.76. The zero-order valence-corrected chi connectivity index (χ0v) is 10.4. The number of hydrogen-bond acceptors (Lipinski definition) is 0. The lowest BCUT2D eigenvalue weighted by molar-refractivity contribution is 1.27. The molecule has 86 valence electrons. The first-order valence-corrected chi connectivity index (χ1v) is 6.43. The molecule has 0 N–H and O–H groups in total. The van der Waals surface area contributed by atoms with Crippen LogP contribution in [0.3, 0.4) is 0 Å². The van der Waals surface area contributed by atoms with E-state index in [0.29, 0.717) is 0 Å². The molecule has 0 atom stereocenters. The molecule has 3 aromatic rings. The van der Waals surface area contributed by atoms with Crippen LogP contribution in [0.2, 0.25) is 0 Å². The molecule has 3 aromatic carbocycles. The maximum atomic E-state index is 2.32. The summed E-state index contributed by atoms with van der Waals surface area (Å²) in [6, 6.07) is 20.0. The zero-order chi connectivity index (χ0) is 12.1. The molecule has 0 spiro atoms. The summed E-state index contributed by atoms with van der Waals surface area (Å²) in [5.41, 5.74) is 7.16. The van der Waals surface area contributed by atoms with Crippen LogP contribution in [0.4, 0.5) is 0 Å². The minimum Gasteiger partial charge on any atom is -0.0616 e. The summed E-state index contributed by atoms with van der Waals surface area (Å²) in [5.74, 6) is 0. The Bertz CT molecular complexity index is 766. The summed E-state index contributed by atoms with van der Waals surface area (Å²) in [4.78, 5) is 0. The van der Waals surface area contributed by atoms with Crippen molar-refractivity contribution >= 4 is 10.8 Å². The standard InChI is InChI=1S/C18H14/c1-12-6-8-16-14(10-12)11-18-15-5-3-2-4-13(15)7-9-17(16)18/h2-10H,11H2,1H3. The van der Waals surface area contributed by atoms with E-state index in [0.717, 1.165) is 6.42 Å². The molecule has 0 saturated heterocycles. The molecule has 0 fully saturated rings. The topological polar surface area (TPSA) is 0 Å². The largest absolute Gasteiger partial charge is 0.0616 e. The molecular formula is C18H14. The summed E-state index contributed by atoms with van der Waals surface area (Å²) >= 11 is 0. The fourth-order valence-corrected chi connectivity index (χ4v) is 3.10. The van der Waals surface area contributed by atoms with Gasteiger partial charge >= 0.3 is 0 Å². The second-order valence-electron chi connectivity index (χ2n) is 5.15. The molecule has 0 nitrogen and oxygen atoms in total. The molecule has 0 saturated carbocycles. The Morgan fingerprint density at radius 1 is 0.833 bits per heavy atom. The number of aryl methyl sites for hydroxylation is 1. The lowest BCUT2D eigenvalue weighted by atomic mass is 9.99. The van der Waals surface area contributed by atoms with Gasteiger partial charge in [0.25, 0.3) is 0 Å². The van der Waals surface area contributed by atoms with Crippen LogP contribution >= 0.6 is 0 Å². The third-order valence-corrected chi connectivity index (χ3v) is 3.96. The average molecular weight is 230 g/mol. The van der Waals surface area contributed by atoms with Gasteiger partial charge in [-0.05, 0) is 46.4 Å². The van der Waals surface area contributed by atoms with Crippen molar-refractivity contribution < 1.29 is 0 Å². The van der Waals surface area contributed by atoms with Crippen molar-refractivity contribution in [2.75, 3.05) is 0 Å². The van der Waals surface area contributed by atoms with Crippen LogP contribution in [0.15, 0.2) is 54.6 Å². The van der Waals surface area contributed by atoms with Crippen LogP contribution in [-0.2, 0) is 6.42 Å². The van der Waals surface area contributed by atoms with E-state index in [4.69, 9.17) is 0 Å². The minimum atomic E-state index is 1.08. The molecule has 0 aliphatic heterocycles. The third-order valence-electron chi connectivity index (χ3n) is 3.96. The van der Waals surface area contributed by atoms with Gasteiger partial charge in [0.05, 0.1) is 0 Å². The summed E-state index contributed by atoms with van der Waals surface area (Å²) in [6.45, 7) is 2.17. The van der Waals surface area contributed by atoms with Gasteiger partial charge in [0.2, 0.25) is 0 Å². The quantitative estimate of drug-likeness (QED) is 0.410. The summed E-state index contributed by atoms with van der Waals surface area (Å²) in [6.07, 6.45) is 1.08. The van der Waals surface area contributed by atoms with E-state index in [-0.39, 0.29) is 0 Å². The van der Waals surface area contributed by atoms with Crippen LogP contribution < -0.4 is 0 Å². The predicted molar refractivity (Wildman–Crippen MR) is 76.9 cm³/mol. The summed E-state index contributed by atoms with van der Waals surface area (Å²) in [7, 11) is 0. The van der Waals surface area contributed by atoms with Gasteiger partial charge in [-0.1, -0.05) is 60.2 Å². The lowest BCUT2D eigenvalue weighted by Gasteiger charge is -2.05. The van der Waals surface area contributed by atoms with Gasteiger partial charge in [0.1, 0.15) is 0 Å². The van der Waals surface area contributed by atoms with Crippen molar-refractivity contribution in [3.63, 3.8) is 0 Å². The Labute approximate surface area is 107 Å². The van der Waals surface area contributed by atoms with E-state index in [1.54, 1.807) is 0 Å². The van der Waals surface area contributed by atoms with Gasteiger partial charge in [0.15, 0.2) is 0 Å². The molecule has 0 bridgehead atoms. The SMILES string of the molecule is Cc1ccc2c(c1)Cc1c-2ccc2ccccc12. The molecular weight excluding hydrogens is 216 g/mol. The van der Waals surface area contributed by atoms with Gasteiger partial charge < -0.3 is 0 Å². The van der Waals surface area contributed by atoms with E-state index in [1.165, 1.54) is 38.6 Å². The Hall–Kier alpha value is -2.08. The first-order chi connectivity index (χ1) is 8.83. The second kappa shape index (κ2) is 3.46. The number of hydrogen-bond donors (Lipinski definition) is 0. The Kier molecular flexibility index (Phi) is 1.90. The lowest BCUT2D eigenvalue weighted by Crippen LogP contribution is -1.83. The Morgan fingerprint density at radius 3 is 2.61 bits per heavy atom. The molecule has 0 amide bonds. The van der Waals surface area contributed by atoms with Gasteiger partial charge in [-0.15, -0.1) is 0 Å². The Balaban J connectivity index is 2.06. The monoisotopic (exact) mass is 230 g/mol. The molecule has 1 aliphatic carbocycles. The maximum Gasteiger partial charge on any atom is -0.000719 e. The van der Waals surface area contributed by atoms with Crippen LogP contribution in [0.5, 0.6) is 0 Å². The van der Waals surface area contributed by atoms with Crippen molar-refractivity contribution in [1.29, 1.82) is 0 Å². The summed E-state index contributed by atoms with van der Waals surface area (Å²) < 4.78 is 0. The molecule has 0 heteroatoms. The van der Waals surface area contributed by atoms with Crippen LogP contribution in [0.25, 0.3) is 21.9 Å². The van der Waals surface area contributed by atoms with Crippen LogP contribution in [0.1, 0.15) is 16.7 Å². The number of benzene rings is 3. The molecule has 18 heavy (non-hydrogen) atoms. The van der Waals surface area contributed by atoms with Gasteiger partial charge in [-0.3, -0.25) is 0 Å². The molecule has 0 heterocycles. The highest BCUT2D eigenvalue weighted by Crippen LogP contribution is 2.40. The number of fused-ring (bicyclic) bond motifs is 5. The van der Waals surface area contributed by atoms with Gasteiger partial charge in [-0.2, -0.15) is 0 Å². The highest BCUT2D eigenvalue weighted by molar-refractivity contribution is 5.95. The van der Waals surface area contributed by atoms with Crippen LogP contribution in [-0.4, -0.2) is 0 Å². The van der Waals surface area contributed by atoms with Crippen molar-refractivity contribution in [1.82, 2.24) is 0 Å². The Morgan fingerprint density at radius 2 is 1.67 bits per heavy atom. The van der Waals surface area contributed by atoms with Crippen molar-refractivity contribution in [3.05, 3.63) is 71.3 Å². The van der Waals surface area contributed by atoms with E-state index >= 15 is 0 Å². The van der Waals surface area contributed by atoms with Gasteiger partial charge in [0, 0.05) is 0 Å². The highest BCUT2D eigenvalue weighted by Gasteiger charge is 2.19. The fourth-order valence-electron chi connectivity index (χ4n) is 3.10. The molecule has 0 aromatic heterocycles. The first-order valence-electron chi connectivity index (χ1n) is 6.43. The normalized spacial score (nSPS) is 12.5. The molecule has 4 rings (SSSR count). The second-order valence-corrected chi connectivity index (χ2v) is 5.15. The maximum absolute atomic E-state index is 2.32. The smallest absolute Gasteiger partial charge is 0.000719 e. The van der Waals surface area contributed by atoms with Gasteiger partial charge in [-0.25, -0.2) is 0 Å². The molecule has 1 aliphatic rings. The molecule has 0 radical (unpaired) electrons. The van der Waals surface area contributed by atoms with Crippen LogP contribution in [0, 0.1) is 6.92 Å². The first kappa shape index (κ1) is 9.90. The minimum absolute atomic E-state index is 1.08. The molecule has 0 unspecified atom stereocenters. The predicted octanol–water partition coefficient (Wildman–Crippen LogP) is 4.72. The van der Waals surface area contributed by atoms with Crippen molar-refractivity contribution in [2.24, 2.45) is 0 Å².